The average Bonchev–Trinajstić information content (AvgIpc) is 2.28. The second-order valence-electron chi connectivity index (χ2n) is 3.41. The molecule has 0 unspecified atom stereocenters. The Morgan fingerprint density at radius 3 is 2.71 bits per heavy atom. The molecule has 6 nitrogen and oxygen atoms in total. The van der Waals surface area contributed by atoms with Gasteiger partial charge in [0.2, 0.25) is 0 Å². The topological polar surface area (TPSA) is 104 Å². The van der Waals surface area contributed by atoms with Crippen LogP contribution in [0.2, 0.25) is 0 Å². The van der Waals surface area contributed by atoms with Crippen LogP contribution < -0.4 is 16.4 Å². The minimum absolute atomic E-state index is 0.217. The molecule has 1 aromatic rings. The zero-order valence-electron chi connectivity index (χ0n) is 9.49. The van der Waals surface area contributed by atoms with Gasteiger partial charge in [0.1, 0.15) is 6.54 Å². The summed E-state index contributed by atoms with van der Waals surface area (Å²) >= 11 is 0. The fourth-order valence-electron chi connectivity index (χ4n) is 1.28. The molecule has 6 heteroatoms. The third-order valence-electron chi connectivity index (χ3n) is 2.08. The molecular formula is C11H15N3O3. The van der Waals surface area contributed by atoms with Crippen molar-refractivity contribution in [2.24, 2.45) is 0 Å². The summed E-state index contributed by atoms with van der Waals surface area (Å²) in [5.74, 6) is -1.21. The lowest BCUT2D eigenvalue weighted by Crippen LogP contribution is -2.23. The van der Waals surface area contributed by atoms with E-state index in [0.29, 0.717) is 23.5 Å². The van der Waals surface area contributed by atoms with Crippen LogP contribution >= 0.6 is 0 Å². The van der Waals surface area contributed by atoms with Gasteiger partial charge in [-0.3, -0.25) is 9.59 Å². The molecule has 0 aromatic heterocycles. The number of amides is 1. The molecule has 0 bridgehead atoms. The van der Waals surface area contributed by atoms with Gasteiger partial charge in [0.25, 0.3) is 5.91 Å². The largest absolute Gasteiger partial charge is 0.480 e. The van der Waals surface area contributed by atoms with Crippen LogP contribution in [0.5, 0.6) is 0 Å². The fourth-order valence-corrected chi connectivity index (χ4v) is 1.28. The fraction of sp³-hybridized carbons (Fsp3) is 0.273. The minimum Gasteiger partial charge on any atom is -0.480 e. The molecule has 0 saturated heterocycles. The SMILES string of the molecule is CCNC(=O)c1ccc(N)c(NCC(=O)O)c1. The van der Waals surface area contributed by atoms with Crippen molar-refractivity contribution in [3.05, 3.63) is 23.8 Å². The molecule has 1 amide bonds. The maximum Gasteiger partial charge on any atom is 0.322 e. The van der Waals surface area contributed by atoms with E-state index in [4.69, 9.17) is 10.8 Å². The van der Waals surface area contributed by atoms with Crippen molar-refractivity contribution in [1.29, 1.82) is 0 Å². The summed E-state index contributed by atoms with van der Waals surface area (Å²) in [6.07, 6.45) is 0. The first kappa shape index (κ1) is 12.8. The minimum atomic E-state index is -0.993. The number of carboxylic acids is 1. The number of rotatable bonds is 5. The highest BCUT2D eigenvalue weighted by molar-refractivity contribution is 5.96. The van der Waals surface area contributed by atoms with E-state index in [1.54, 1.807) is 12.1 Å². The number of carboxylic acid groups (broad SMARTS) is 1. The Kier molecular flexibility index (Phi) is 4.33. The summed E-state index contributed by atoms with van der Waals surface area (Å²) in [5.41, 5.74) is 6.94. The Morgan fingerprint density at radius 1 is 1.41 bits per heavy atom. The number of carbonyl (C=O) groups excluding carboxylic acids is 1. The monoisotopic (exact) mass is 237 g/mol. The first-order valence-electron chi connectivity index (χ1n) is 5.18. The van der Waals surface area contributed by atoms with Gasteiger partial charge in [-0.05, 0) is 25.1 Å². The van der Waals surface area contributed by atoms with Crippen molar-refractivity contribution in [2.45, 2.75) is 6.92 Å². The number of carbonyl (C=O) groups is 2. The number of nitrogen functional groups attached to an aromatic ring is 1. The van der Waals surface area contributed by atoms with Gasteiger partial charge in [-0.2, -0.15) is 0 Å². The lowest BCUT2D eigenvalue weighted by atomic mass is 10.1. The van der Waals surface area contributed by atoms with Crippen LogP contribution in [0.15, 0.2) is 18.2 Å². The molecule has 1 aromatic carbocycles. The van der Waals surface area contributed by atoms with E-state index < -0.39 is 5.97 Å². The summed E-state index contributed by atoms with van der Waals surface area (Å²) < 4.78 is 0. The van der Waals surface area contributed by atoms with Crippen LogP contribution in [0.4, 0.5) is 11.4 Å². The summed E-state index contributed by atoms with van der Waals surface area (Å²) in [5, 5.41) is 13.8. The Labute approximate surface area is 98.8 Å². The maximum atomic E-state index is 11.6. The predicted octanol–water partition coefficient (Wildman–Crippen LogP) is 0.515. The third-order valence-corrected chi connectivity index (χ3v) is 2.08. The molecule has 0 atom stereocenters. The first-order valence-corrected chi connectivity index (χ1v) is 5.18. The summed E-state index contributed by atoms with van der Waals surface area (Å²) in [4.78, 5) is 22.0. The second kappa shape index (κ2) is 5.74. The van der Waals surface area contributed by atoms with Crippen molar-refractivity contribution in [1.82, 2.24) is 5.32 Å². The molecule has 0 saturated carbocycles. The third kappa shape index (κ3) is 3.67. The van der Waals surface area contributed by atoms with E-state index in [1.807, 2.05) is 6.92 Å². The van der Waals surface area contributed by atoms with E-state index in [0.717, 1.165) is 0 Å². The zero-order valence-corrected chi connectivity index (χ0v) is 9.49. The van der Waals surface area contributed by atoms with Gasteiger partial charge in [-0.1, -0.05) is 0 Å². The summed E-state index contributed by atoms with van der Waals surface area (Å²) in [6.45, 7) is 2.10. The molecule has 17 heavy (non-hydrogen) atoms. The Morgan fingerprint density at radius 2 is 2.12 bits per heavy atom. The summed E-state index contributed by atoms with van der Waals surface area (Å²) in [7, 11) is 0. The van der Waals surface area contributed by atoms with E-state index in [9.17, 15) is 9.59 Å². The Bertz CT molecular complexity index is 432. The molecule has 0 radical (unpaired) electrons. The number of nitrogens with two attached hydrogens (primary N) is 1. The van der Waals surface area contributed by atoms with Crippen LogP contribution in [0.3, 0.4) is 0 Å². The highest BCUT2D eigenvalue weighted by Gasteiger charge is 2.08. The van der Waals surface area contributed by atoms with E-state index in [-0.39, 0.29) is 12.5 Å². The van der Waals surface area contributed by atoms with E-state index in [2.05, 4.69) is 10.6 Å². The van der Waals surface area contributed by atoms with Gasteiger partial charge in [0, 0.05) is 12.1 Å². The molecule has 5 N–H and O–H groups in total. The molecule has 0 spiro atoms. The van der Waals surface area contributed by atoms with Crippen molar-refractivity contribution in [3.63, 3.8) is 0 Å². The quantitative estimate of drug-likeness (QED) is 0.559. The average molecular weight is 237 g/mol. The Hall–Kier alpha value is -2.24. The number of anilines is 2. The van der Waals surface area contributed by atoms with Crippen molar-refractivity contribution < 1.29 is 14.7 Å². The van der Waals surface area contributed by atoms with Gasteiger partial charge in [-0.25, -0.2) is 0 Å². The highest BCUT2D eigenvalue weighted by Crippen LogP contribution is 2.19. The lowest BCUT2D eigenvalue weighted by Gasteiger charge is -2.09. The van der Waals surface area contributed by atoms with Crippen molar-refractivity contribution in [2.75, 3.05) is 24.1 Å². The number of hydrogen-bond donors (Lipinski definition) is 4. The molecule has 0 heterocycles. The van der Waals surface area contributed by atoms with E-state index >= 15 is 0 Å². The molecular weight excluding hydrogens is 222 g/mol. The number of aliphatic carboxylic acids is 1. The van der Waals surface area contributed by atoms with Crippen molar-refractivity contribution in [3.8, 4) is 0 Å². The molecule has 0 aliphatic carbocycles. The first-order chi connectivity index (χ1) is 8.04. The van der Waals surface area contributed by atoms with Crippen LogP contribution in [0.1, 0.15) is 17.3 Å². The van der Waals surface area contributed by atoms with Crippen LogP contribution in [-0.2, 0) is 4.79 Å². The van der Waals surface area contributed by atoms with Gasteiger partial charge in [0.15, 0.2) is 0 Å². The van der Waals surface area contributed by atoms with Gasteiger partial charge in [0.05, 0.1) is 11.4 Å². The van der Waals surface area contributed by atoms with E-state index in [1.165, 1.54) is 6.07 Å². The second-order valence-corrected chi connectivity index (χ2v) is 3.41. The van der Waals surface area contributed by atoms with Crippen molar-refractivity contribution >= 4 is 23.3 Å². The lowest BCUT2D eigenvalue weighted by molar-refractivity contribution is -0.134. The molecule has 92 valence electrons. The van der Waals surface area contributed by atoms with Gasteiger partial charge in [-0.15, -0.1) is 0 Å². The van der Waals surface area contributed by atoms with Gasteiger partial charge < -0.3 is 21.5 Å². The van der Waals surface area contributed by atoms with Crippen LogP contribution in [-0.4, -0.2) is 30.1 Å². The molecule has 1 rings (SSSR count). The van der Waals surface area contributed by atoms with Crippen LogP contribution in [0.25, 0.3) is 0 Å². The molecule has 0 fully saturated rings. The zero-order chi connectivity index (χ0) is 12.8. The standard InChI is InChI=1S/C11H15N3O3/c1-2-13-11(17)7-3-4-8(12)9(5-7)14-6-10(15)16/h3-5,14H,2,6,12H2,1H3,(H,13,17)(H,15,16). The normalized spacial score (nSPS) is 9.71. The molecule has 0 aliphatic heterocycles. The highest BCUT2D eigenvalue weighted by atomic mass is 16.4. The number of nitrogens with one attached hydrogen (secondary N) is 2. The Balaban J connectivity index is 2.86. The maximum absolute atomic E-state index is 11.6. The predicted molar refractivity (Wildman–Crippen MR) is 65.0 cm³/mol. The molecule has 0 aliphatic rings. The van der Waals surface area contributed by atoms with Gasteiger partial charge >= 0.3 is 5.97 Å². The summed E-state index contributed by atoms with van der Waals surface area (Å²) in [6, 6.07) is 4.68. The smallest absolute Gasteiger partial charge is 0.322 e. The number of benzene rings is 1. The van der Waals surface area contributed by atoms with Crippen LogP contribution in [0, 0.1) is 0 Å². The number of hydrogen-bond acceptors (Lipinski definition) is 4.